The van der Waals surface area contributed by atoms with E-state index in [1.807, 2.05) is 23.6 Å². The molecular formula is C20H13N3O2S. The van der Waals surface area contributed by atoms with E-state index in [0.29, 0.717) is 15.9 Å². The summed E-state index contributed by atoms with van der Waals surface area (Å²) in [5, 5.41) is 1.83. The number of nitrogens with zero attached hydrogens (tertiary/aromatic N) is 2. The number of thiophene rings is 1. The van der Waals surface area contributed by atoms with Crippen molar-refractivity contribution in [1.29, 1.82) is 0 Å². The summed E-state index contributed by atoms with van der Waals surface area (Å²) < 4.78 is 0. The summed E-state index contributed by atoms with van der Waals surface area (Å²) in [6.45, 7) is 0. The van der Waals surface area contributed by atoms with Crippen LogP contribution in [0.5, 0.6) is 0 Å². The maximum Gasteiger partial charge on any atom is 0.275 e. The van der Waals surface area contributed by atoms with Crippen LogP contribution in [0.2, 0.25) is 0 Å². The number of nitrogens with one attached hydrogen (secondary N) is 1. The number of aromatic amines is 1. The fourth-order valence-electron chi connectivity index (χ4n) is 2.62. The third-order valence-corrected chi connectivity index (χ3v) is 4.71. The highest BCUT2D eigenvalue weighted by Gasteiger charge is 2.20. The Kier molecular flexibility index (Phi) is 4.25. The Morgan fingerprint density at radius 2 is 1.96 bits per heavy atom. The van der Waals surface area contributed by atoms with Crippen LogP contribution in [0.1, 0.15) is 20.9 Å². The number of carbonyl (C=O) groups is 1. The predicted octanol–water partition coefficient (Wildman–Crippen LogP) is 3.80. The summed E-state index contributed by atoms with van der Waals surface area (Å²) in [6.07, 6.45) is 4.94. The molecule has 0 unspecified atom stereocenters. The molecule has 0 fully saturated rings. The first-order valence-corrected chi connectivity index (χ1v) is 8.80. The lowest BCUT2D eigenvalue weighted by atomic mass is 10.0. The zero-order valence-corrected chi connectivity index (χ0v) is 14.4. The van der Waals surface area contributed by atoms with Crippen molar-refractivity contribution in [2.24, 2.45) is 0 Å². The van der Waals surface area contributed by atoms with Gasteiger partial charge in [-0.3, -0.25) is 14.6 Å². The number of ketones is 1. The molecule has 126 valence electrons. The second kappa shape index (κ2) is 6.85. The van der Waals surface area contributed by atoms with E-state index in [2.05, 4.69) is 15.0 Å². The summed E-state index contributed by atoms with van der Waals surface area (Å²) >= 11 is 1.33. The third-order valence-electron chi connectivity index (χ3n) is 3.84. The molecule has 0 saturated carbocycles. The van der Waals surface area contributed by atoms with Gasteiger partial charge in [0.05, 0.1) is 21.5 Å². The van der Waals surface area contributed by atoms with Crippen LogP contribution in [0.4, 0.5) is 0 Å². The molecule has 5 nitrogen and oxygen atoms in total. The maximum atomic E-state index is 13.0. The van der Waals surface area contributed by atoms with Crippen LogP contribution < -0.4 is 5.56 Å². The molecule has 0 atom stereocenters. The highest BCUT2D eigenvalue weighted by molar-refractivity contribution is 7.12. The van der Waals surface area contributed by atoms with Gasteiger partial charge in [0.1, 0.15) is 5.69 Å². The average molecular weight is 359 g/mol. The smallest absolute Gasteiger partial charge is 0.275 e. The van der Waals surface area contributed by atoms with E-state index in [0.717, 1.165) is 5.56 Å². The number of hydrogen-bond acceptors (Lipinski definition) is 5. The Morgan fingerprint density at radius 1 is 1.08 bits per heavy atom. The molecule has 6 heteroatoms. The number of para-hydroxylation sites is 2. The van der Waals surface area contributed by atoms with E-state index in [1.54, 1.807) is 48.8 Å². The highest BCUT2D eigenvalue weighted by Crippen LogP contribution is 2.23. The molecule has 3 aromatic heterocycles. The first-order valence-electron chi connectivity index (χ1n) is 7.92. The van der Waals surface area contributed by atoms with E-state index in [-0.39, 0.29) is 17.1 Å². The van der Waals surface area contributed by atoms with Gasteiger partial charge in [-0.15, -0.1) is 11.3 Å². The van der Waals surface area contributed by atoms with Gasteiger partial charge < -0.3 is 4.98 Å². The van der Waals surface area contributed by atoms with Crippen LogP contribution in [-0.2, 0) is 0 Å². The van der Waals surface area contributed by atoms with E-state index >= 15 is 0 Å². The van der Waals surface area contributed by atoms with Gasteiger partial charge in [-0.05, 0) is 41.3 Å². The Labute approximate surface area is 152 Å². The van der Waals surface area contributed by atoms with Crippen molar-refractivity contribution in [3.05, 3.63) is 92.8 Å². The predicted molar refractivity (Wildman–Crippen MR) is 103 cm³/mol. The highest BCUT2D eigenvalue weighted by atomic mass is 32.1. The number of rotatable bonds is 4. The van der Waals surface area contributed by atoms with Gasteiger partial charge in [0.2, 0.25) is 5.78 Å². The van der Waals surface area contributed by atoms with Crippen LogP contribution in [0.15, 0.2) is 71.1 Å². The van der Waals surface area contributed by atoms with E-state index < -0.39 is 5.56 Å². The minimum atomic E-state index is -0.399. The van der Waals surface area contributed by atoms with E-state index in [9.17, 15) is 9.59 Å². The molecule has 0 aliphatic rings. The molecule has 0 spiro atoms. The Bertz CT molecular complexity index is 1160. The summed E-state index contributed by atoms with van der Waals surface area (Å²) in [5.74, 6) is -0.239. The van der Waals surface area contributed by atoms with Crippen LogP contribution in [0, 0.1) is 0 Å². The Balaban J connectivity index is 1.94. The van der Waals surface area contributed by atoms with Crippen molar-refractivity contribution in [2.75, 3.05) is 0 Å². The molecule has 0 radical (unpaired) electrons. The van der Waals surface area contributed by atoms with Crippen molar-refractivity contribution >= 4 is 39.8 Å². The van der Waals surface area contributed by atoms with Crippen molar-refractivity contribution in [3.8, 4) is 0 Å². The Morgan fingerprint density at radius 3 is 2.73 bits per heavy atom. The normalized spacial score (nSPS) is 11.6. The molecular weight excluding hydrogens is 346 g/mol. The fourth-order valence-corrected chi connectivity index (χ4v) is 3.30. The molecule has 26 heavy (non-hydrogen) atoms. The fraction of sp³-hybridized carbons (Fsp3) is 0. The van der Waals surface area contributed by atoms with Crippen LogP contribution in [0.25, 0.3) is 22.7 Å². The van der Waals surface area contributed by atoms with Crippen molar-refractivity contribution in [3.63, 3.8) is 0 Å². The number of fused-ring (bicyclic) bond motifs is 1. The molecule has 0 bridgehead atoms. The molecule has 0 aliphatic carbocycles. The third kappa shape index (κ3) is 3.10. The number of carbonyl (C=O) groups excluding carboxylic acids is 1. The Hall–Kier alpha value is -3.38. The minimum absolute atomic E-state index is 0.103. The molecule has 1 aromatic carbocycles. The number of aromatic nitrogens is 3. The van der Waals surface area contributed by atoms with Gasteiger partial charge in [0.25, 0.3) is 5.56 Å². The second-order valence-corrected chi connectivity index (χ2v) is 6.53. The number of hydrogen-bond donors (Lipinski definition) is 1. The van der Waals surface area contributed by atoms with Gasteiger partial charge in [0.15, 0.2) is 0 Å². The standard InChI is InChI=1S/C20H13N3O2S/c24-19(17-8-4-10-26-17)14(11-13-5-3-9-21-12-13)18-20(25)23-16-7-2-1-6-15(16)22-18/h1-12H,(H,23,25)/b14-11+. The van der Waals surface area contributed by atoms with E-state index in [4.69, 9.17) is 0 Å². The zero-order chi connectivity index (χ0) is 17.9. The maximum absolute atomic E-state index is 13.0. The second-order valence-electron chi connectivity index (χ2n) is 5.58. The number of benzene rings is 1. The first kappa shape index (κ1) is 16.1. The quantitative estimate of drug-likeness (QED) is 0.444. The lowest BCUT2D eigenvalue weighted by molar-refractivity contribution is 0.106. The number of H-pyrrole nitrogens is 1. The number of allylic oxidation sites excluding steroid dienone is 1. The zero-order valence-electron chi connectivity index (χ0n) is 13.5. The molecule has 4 aromatic rings. The topological polar surface area (TPSA) is 75.7 Å². The molecule has 4 rings (SSSR count). The van der Waals surface area contributed by atoms with Crippen LogP contribution in [-0.4, -0.2) is 20.7 Å². The largest absolute Gasteiger partial charge is 0.319 e. The summed E-state index contributed by atoms with van der Waals surface area (Å²) in [7, 11) is 0. The molecule has 3 heterocycles. The first-order chi connectivity index (χ1) is 12.7. The average Bonchev–Trinajstić information content (AvgIpc) is 3.21. The molecule has 0 aliphatic heterocycles. The SMILES string of the molecule is O=C(/C(=C/c1cccnc1)c1nc2ccccc2[nH]c1=O)c1cccs1. The van der Waals surface area contributed by atoms with E-state index in [1.165, 1.54) is 11.3 Å². The summed E-state index contributed by atoms with van der Waals surface area (Å²) in [4.78, 5) is 37.5. The molecule has 0 amide bonds. The lowest BCUT2D eigenvalue weighted by Gasteiger charge is -2.06. The van der Waals surface area contributed by atoms with Gasteiger partial charge >= 0.3 is 0 Å². The number of Topliss-reactive ketones (excluding diaryl/α,β-unsaturated/α-hetero) is 1. The minimum Gasteiger partial charge on any atom is -0.319 e. The summed E-state index contributed by atoms with van der Waals surface area (Å²) in [6, 6.07) is 14.4. The van der Waals surface area contributed by atoms with Crippen molar-refractivity contribution < 1.29 is 4.79 Å². The molecule has 0 saturated heterocycles. The van der Waals surface area contributed by atoms with Crippen LogP contribution in [0.3, 0.4) is 0 Å². The lowest BCUT2D eigenvalue weighted by Crippen LogP contribution is -2.18. The van der Waals surface area contributed by atoms with Gasteiger partial charge in [-0.25, -0.2) is 4.98 Å². The van der Waals surface area contributed by atoms with Gasteiger partial charge in [0, 0.05) is 12.4 Å². The van der Waals surface area contributed by atoms with Crippen molar-refractivity contribution in [2.45, 2.75) is 0 Å². The van der Waals surface area contributed by atoms with Crippen molar-refractivity contribution in [1.82, 2.24) is 15.0 Å². The van der Waals surface area contributed by atoms with Crippen LogP contribution >= 0.6 is 11.3 Å². The monoisotopic (exact) mass is 359 g/mol. The molecule has 1 N–H and O–H groups in total. The van der Waals surface area contributed by atoms with Gasteiger partial charge in [-0.2, -0.15) is 0 Å². The summed E-state index contributed by atoms with van der Waals surface area (Å²) in [5.41, 5.74) is 1.92. The van der Waals surface area contributed by atoms with Gasteiger partial charge in [-0.1, -0.05) is 24.3 Å². The number of pyridine rings is 1.